The third-order valence-electron chi connectivity index (χ3n) is 1.01. The number of rotatable bonds is 3. The van der Waals surface area contributed by atoms with Gasteiger partial charge in [0.05, 0.1) is 0 Å². The average molecular weight is 203 g/mol. The molecule has 0 spiro atoms. The molecule has 0 aliphatic heterocycles. The monoisotopic (exact) mass is 202 g/mol. The zero-order valence-electron chi connectivity index (χ0n) is 6.88. The molecule has 0 rings (SSSR count). The molecule has 0 amide bonds. The molecule has 4 heteroatoms. The van der Waals surface area contributed by atoms with Crippen LogP contribution in [0.25, 0.3) is 0 Å². The summed E-state index contributed by atoms with van der Waals surface area (Å²) in [4.78, 5) is 10.7. The van der Waals surface area contributed by atoms with E-state index in [1.165, 1.54) is 7.11 Å². The van der Waals surface area contributed by atoms with Crippen LogP contribution in [-0.4, -0.2) is 35.8 Å². The predicted molar refractivity (Wildman–Crippen MR) is 40.0 cm³/mol. The Morgan fingerprint density at radius 2 is 2.00 bits per heavy atom. The second-order valence-corrected chi connectivity index (χ2v) is 7.32. The van der Waals surface area contributed by atoms with E-state index in [9.17, 15) is 4.79 Å². The summed E-state index contributed by atoms with van der Waals surface area (Å²) in [5.41, 5.74) is 4.12. The number of hydrogen-bond acceptors (Lipinski definition) is 3. The Bertz CT molecular complexity index is 114. The molecular formula is C6H13GaO3. The molecule has 10 heavy (non-hydrogen) atoms. The molecule has 0 aromatic carbocycles. The van der Waals surface area contributed by atoms with E-state index in [0.29, 0.717) is 0 Å². The number of carbonyl (C=O) groups excluding carboxylic acids is 1. The van der Waals surface area contributed by atoms with Crippen molar-refractivity contribution in [2.24, 2.45) is 0 Å². The van der Waals surface area contributed by atoms with E-state index in [1.54, 1.807) is 6.92 Å². The third kappa shape index (κ3) is 3.97. The van der Waals surface area contributed by atoms with Crippen LogP contribution in [0.1, 0.15) is 6.92 Å². The molecular weight excluding hydrogens is 190 g/mol. The van der Waals surface area contributed by atoms with E-state index in [-0.39, 0.29) is 12.1 Å². The van der Waals surface area contributed by atoms with Crippen LogP contribution in [0.5, 0.6) is 0 Å². The molecule has 0 aromatic heterocycles. The summed E-state index contributed by atoms with van der Waals surface area (Å²) in [6.07, 6.45) is -0.370. The van der Waals surface area contributed by atoms with Gasteiger partial charge in [-0.05, 0) is 0 Å². The molecule has 1 atom stereocenters. The van der Waals surface area contributed by atoms with Gasteiger partial charge >= 0.3 is 66.7 Å². The molecule has 0 radical (unpaired) electrons. The molecule has 0 heterocycles. The molecule has 0 aliphatic carbocycles. The fourth-order valence-electron chi connectivity index (χ4n) is 0.630. The van der Waals surface area contributed by atoms with Crippen molar-refractivity contribution in [1.82, 2.24) is 0 Å². The maximum atomic E-state index is 10.7. The molecule has 0 unspecified atom stereocenters. The predicted octanol–water partition coefficient (Wildman–Crippen LogP) is 0.816. The summed E-state index contributed by atoms with van der Waals surface area (Å²) in [7, 11) is 1.37. The van der Waals surface area contributed by atoms with Gasteiger partial charge < -0.3 is 0 Å². The molecule has 0 N–H and O–H groups in total. The molecule has 0 aromatic rings. The second-order valence-electron chi connectivity index (χ2n) is 2.35. The minimum absolute atomic E-state index is 0.278. The van der Waals surface area contributed by atoms with E-state index in [4.69, 9.17) is 3.53 Å². The van der Waals surface area contributed by atoms with E-state index >= 15 is 0 Å². The first-order chi connectivity index (χ1) is 4.57. The maximum absolute atomic E-state index is 10.7. The van der Waals surface area contributed by atoms with Crippen LogP contribution < -0.4 is 0 Å². The van der Waals surface area contributed by atoms with E-state index < -0.39 is 16.6 Å². The average Bonchev–Trinajstić information content (AvgIpc) is 1.85. The Hall–Kier alpha value is 0.0664. The Kier molecular flexibility index (Phi) is 4.85. The topological polar surface area (TPSA) is 35.5 Å². The van der Waals surface area contributed by atoms with Gasteiger partial charge in [-0.3, -0.25) is 0 Å². The quantitative estimate of drug-likeness (QED) is 0.502. The fraction of sp³-hybridized carbons (Fsp3) is 0.833. The summed E-state index contributed by atoms with van der Waals surface area (Å²) in [6, 6.07) is 0. The van der Waals surface area contributed by atoms with Crippen molar-refractivity contribution in [1.29, 1.82) is 0 Å². The van der Waals surface area contributed by atoms with Gasteiger partial charge in [-0.1, -0.05) is 0 Å². The number of esters is 1. The normalized spacial score (nSPS) is 12.4. The van der Waals surface area contributed by atoms with Gasteiger partial charge in [-0.15, -0.1) is 0 Å². The van der Waals surface area contributed by atoms with Crippen LogP contribution in [0, 0.1) is 0 Å². The van der Waals surface area contributed by atoms with E-state index in [1.807, 2.05) is 0 Å². The van der Waals surface area contributed by atoms with Gasteiger partial charge in [0.1, 0.15) is 0 Å². The van der Waals surface area contributed by atoms with E-state index in [2.05, 4.69) is 15.7 Å². The van der Waals surface area contributed by atoms with Gasteiger partial charge in [0.25, 0.3) is 0 Å². The fourth-order valence-corrected chi connectivity index (χ4v) is 2.58. The van der Waals surface area contributed by atoms with Crippen molar-refractivity contribution in [3.05, 3.63) is 0 Å². The minimum atomic E-state index is -1.51. The van der Waals surface area contributed by atoms with Crippen LogP contribution in [0.15, 0.2) is 0 Å². The summed E-state index contributed by atoms with van der Waals surface area (Å²) in [6.45, 7) is 1.72. The standard InChI is InChI=1S/C4H7O3.2CH3.Ga/c1-3(5)4(6)7-2;;;/h3H,1-2H3;2*1H3;/q-1;;;+1/t3-;;;/m0.../s1. The number of hydrogen-bond donors (Lipinski definition) is 0. The van der Waals surface area contributed by atoms with Gasteiger partial charge in [0.2, 0.25) is 0 Å². The molecule has 0 saturated heterocycles. The molecule has 0 fully saturated rings. The summed E-state index contributed by atoms with van der Waals surface area (Å²) < 4.78 is 9.79. The van der Waals surface area contributed by atoms with Crippen LogP contribution >= 0.6 is 0 Å². The van der Waals surface area contributed by atoms with Crippen LogP contribution in [-0.2, 0) is 13.1 Å². The summed E-state index contributed by atoms with van der Waals surface area (Å²) in [5, 5.41) is 0. The SMILES string of the molecule is COC(=O)[C@H](C)[O][Ga]([CH3])[CH3]. The van der Waals surface area contributed by atoms with Gasteiger partial charge in [-0.25, -0.2) is 0 Å². The van der Waals surface area contributed by atoms with Crippen molar-refractivity contribution < 1.29 is 13.1 Å². The number of ether oxygens (including phenoxy) is 1. The number of methoxy groups -OCH3 is 1. The van der Waals surface area contributed by atoms with E-state index in [0.717, 1.165) is 0 Å². The van der Waals surface area contributed by atoms with Gasteiger partial charge in [0, 0.05) is 0 Å². The molecule has 0 bridgehead atoms. The van der Waals surface area contributed by atoms with Crippen molar-refractivity contribution in [3.8, 4) is 0 Å². The Balaban J connectivity index is 3.61. The molecule has 58 valence electrons. The van der Waals surface area contributed by atoms with Crippen molar-refractivity contribution in [2.45, 2.75) is 24.0 Å². The van der Waals surface area contributed by atoms with Crippen LogP contribution in [0.4, 0.5) is 0 Å². The Labute approximate surface area is 67.1 Å². The third-order valence-corrected chi connectivity index (χ3v) is 3.01. The summed E-state index contributed by atoms with van der Waals surface area (Å²) in [5.74, 6) is -0.278. The molecule has 3 nitrogen and oxygen atoms in total. The summed E-state index contributed by atoms with van der Waals surface area (Å²) >= 11 is -1.51. The first-order valence-corrected chi connectivity index (χ1v) is 9.14. The molecule has 0 saturated carbocycles. The Morgan fingerprint density at radius 1 is 1.50 bits per heavy atom. The molecule has 0 aliphatic rings. The van der Waals surface area contributed by atoms with Gasteiger partial charge in [0.15, 0.2) is 0 Å². The Morgan fingerprint density at radius 3 is 2.30 bits per heavy atom. The second kappa shape index (κ2) is 4.82. The first-order valence-electron chi connectivity index (χ1n) is 3.31. The van der Waals surface area contributed by atoms with Gasteiger partial charge in [-0.2, -0.15) is 0 Å². The van der Waals surface area contributed by atoms with Crippen molar-refractivity contribution >= 4 is 22.6 Å². The number of carbonyl (C=O) groups is 1. The van der Waals surface area contributed by atoms with Crippen molar-refractivity contribution in [3.63, 3.8) is 0 Å². The van der Waals surface area contributed by atoms with Crippen LogP contribution in [0.2, 0.25) is 11.0 Å². The van der Waals surface area contributed by atoms with Crippen molar-refractivity contribution in [2.75, 3.05) is 7.11 Å². The first kappa shape index (κ1) is 10.1. The van der Waals surface area contributed by atoms with Crippen LogP contribution in [0.3, 0.4) is 0 Å². The zero-order valence-corrected chi connectivity index (χ0v) is 9.30. The zero-order chi connectivity index (χ0) is 8.15.